The minimum absolute atomic E-state index is 0.108. The number of anilines is 1. The summed E-state index contributed by atoms with van der Waals surface area (Å²) in [6.45, 7) is 3.71. The quantitative estimate of drug-likeness (QED) is 0.810. The van der Waals surface area contributed by atoms with Crippen LogP contribution in [0.15, 0.2) is 42.7 Å². The van der Waals surface area contributed by atoms with Gasteiger partial charge in [-0.1, -0.05) is 6.07 Å². The molecule has 0 fully saturated rings. The topological polar surface area (TPSA) is 69.3 Å². The van der Waals surface area contributed by atoms with Crippen LogP contribution < -0.4 is 15.8 Å². The van der Waals surface area contributed by atoms with Gasteiger partial charge in [-0.3, -0.25) is 4.79 Å². The van der Waals surface area contributed by atoms with Gasteiger partial charge in [0.1, 0.15) is 5.75 Å². The van der Waals surface area contributed by atoms with E-state index in [2.05, 4.69) is 35.3 Å². The predicted molar refractivity (Wildman–Crippen MR) is 78.6 cm³/mol. The molecule has 0 aliphatic rings. The fourth-order valence-corrected chi connectivity index (χ4v) is 1.85. The van der Waals surface area contributed by atoms with Crippen LogP contribution in [0.4, 0.5) is 5.69 Å². The van der Waals surface area contributed by atoms with E-state index in [1.807, 2.05) is 18.2 Å². The fourth-order valence-electron chi connectivity index (χ4n) is 1.85. The number of nitrogens with one attached hydrogen (secondary N) is 1. The number of carbonyl (C=O) groups is 1. The zero-order chi connectivity index (χ0) is 14.4. The first kappa shape index (κ1) is 14.0. The number of hydrogen-bond acceptors (Lipinski definition) is 3. The summed E-state index contributed by atoms with van der Waals surface area (Å²) in [6.07, 6.45) is 4.17. The lowest BCUT2D eigenvalue weighted by atomic mass is 10.2. The number of aryl methyl sites for hydroxylation is 1. The van der Waals surface area contributed by atoms with Gasteiger partial charge < -0.3 is 20.4 Å². The molecular weight excluding hydrogens is 254 g/mol. The summed E-state index contributed by atoms with van der Waals surface area (Å²) in [5.41, 5.74) is 7.21. The maximum absolute atomic E-state index is 10.7. The number of rotatable bonds is 7. The summed E-state index contributed by atoms with van der Waals surface area (Å²) in [4.78, 5) is 10.7. The van der Waals surface area contributed by atoms with Gasteiger partial charge in [-0.25, -0.2) is 0 Å². The molecule has 1 amide bonds. The molecule has 1 heterocycles. The fraction of sp³-hybridized carbons (Fsp3) is 0.267. The normalized spacial score (nSPS) is 10.2. The van der Waals surface area contributed by atoms with E-state index >= 15 is 0 Å². The average molecular weight is 273 g/mol. The second kappa shape index (κ2) is 6.65. The first-order valence-corrected chi connectivity index (χ1v) is 6.57. The second-order valence-electron chi connectivity index (χ2n) is 4.49. The van der Waals surface area contributed by atoms with Crippen LogP contribution in [0.1, 0.15) is 12.5 Å². The van der Waals surface area contributed by atoms with Crippen LogP contribution in [0.25, 0.3) is 0 Å². The Kier molecular flexibility index (Phi) is 4.65. The molecule has 5 heteroatoms. The first-order chi connectivity index (χ1) is 9.67. The molecule has 0 unspecified atom stereocenters. The van der Waals surface area contributed by atoms with Gasteiger partial charge in [0.2, 0.25) is 0 Å². The summed E-state index contributed by atoms with van der Waals surface area (Å²) >= 11 is 0. The van der Waals surface area contributed by atoms with Crippen molar-refractivity contribution in [2.45, 2.75) is 20.0 Å². The number of carbonyl (C=O) groups excluding carboxylic acids is 1. The molecule has 0 saturated carbocycles. The molecule has 106 valence electrons. The zero-order valence-corrected chi connectivity index (χ0v) is 11.5. The van der Waals surface area contributed by atoms with Crippen molar-refractivity contribution in [2.75, 3.05) is 11.9 Å². The monoisotopic (exact) mass is 273 g/mol. The van der Waals surface area contributed by atoms with Gasteiger partial charge in [0.25, 0.3) is 5.91 Å². The Hall–Kier alpha value is -2.43. The summed E-state index contributed by atoms with van der Waals surface area (Å²) in [5.74, 6) is 0.143. The summed E-state index contributed by atoms with van der Waals surface area (Å²) in [5, 5.41) is 3.32. The maximum atomic E-state index is 10.7. The van der Waals surface area contributed by atoms with Crippen LogP contribution in [0, 0.1) is 0 Å². The lowest BCUT2D eigenvalue weighted by Gasteiger charge is -2.08. The SMILES string of the molecule is CCn1ccc(CNc2cccc(OCC(N)=O)c2)c1. The van der Waals surface area contributed by atoms with Gasteiger partial charge in [-0.2, -0.15) is 0 Å². The van der Waals surface area contributed by atoms with Gasteiger partial charge in [-0.05, 0) is 30.7 Å². The lowest BCUT2D eigenvalue weighted by molar-refractivity contribution is -0.119. The number of primary amides is 1. The standard InChI is InChI=1S/C15H19N3O2/c1-2-18-7-6-12(10-18)9-17-13-4-3-5-14(8-13)20-11-15(16)19/h3-8,10,17H,2,9,11H2,1H3,(H2,16,19). The Morgan fingerprint density at radius 1 is 1.40 bits per heavy atom. The Labute approximate surface area is 118 Å². The molecule has 1 aromatic carbocycles. The van der Waals surface area contributed by atoms with E-state index in [1.165, 1.54) is 5.56 Å². The third-order valence-electron chi connectivity index (χ3n) is 2.89. The zero-order valence-electron chi connectivity index (χ0n) is 11.5. The number of aromatic nitrogens is 1. The lowest BCUT2D eigenvalue weighted by Crippen LogP contribution is -2.20. The molecule has 0 spiro atoms. The average Bonchev–Trinajstić information content (AvgIpc) is 2.91. The van der Waals surface area contributed by atoms with Crippen molar-refractivity contribution < 1.29 is 9.53 Å². The summed E-state index contributed by atoms with van der Waals surface area (Å²) in [6, 6.07) is 9.55. The van der Waals surface area contributed by atoms with E-state index in [9.17, 15) is 4.79 Å². The van der Waals surface area contributed by atoms with Gasteiger partial charge in [0.05, 0.1) is 0 Å². The second-order valence-corrected chi connectivity index (χ2v) is 4.49. The minimum Gasteiger partial charge on any atom is -0.484 e. The summed E-state index contributed by atoms with van der Waals surface area (Å²) in [7, 11) is 0. The van der Waals surface area contributed by atoms with Crippen LogP contribution in [-0.2, 0) is 17.9 Å². The number of benzene rings is 1. The highest BCUT2D eigenvalue weighted by atomic mass is 16.5. The van der Waals surface area contributed by atoms with Crippen LogP contribution in [-0.4, -0.2) is 17.1 Å². The molecule has 5 nitrogen and oxygen atoms in total. The Balaban J connectivity index is 1.92. The van der Waals surface area contributed by atoms with Crippen molar-refractivity contribution in [1.82, 2.24) is 4.57 Å². The first-order valence-electron chi connectivity index (χ1n) is 6.57. The third-order valence-corrected chi connectivity index (χ3v) is 2.89. The van der Waals surface area contributed by atoms with E-state index in [0.29, 0.717) is 5.75 Å². The van der Waals surface area contributed by atoms with Crippen LogP contribution in [0.5, 0.6) is 5.75 Å². The van der Waals surface area contributed by atoms with Crippen LogP contribution >= 0.6 is 0 Å². The molecule has 1 aromatic heterocycles. The molecule has 0 aliphatic heterocycles. The van der Waals surface area contributed by atoms with E-state index in [-0.39, 0.29) is 6.61 Å². The van der Waals surface area contributed by atoms with Gasteiger partial charge in [0.15, 0.2) is 6.61 Å². The molecule has 0 saturated heterocycles. The van der Waals surface area contributed by atoms with Crippen LogP contribution in [0.2, 0.25) is 0 Å². The maximum Gasteiger partial charge on any atom is 0.255 e. The Morgan fingerprint density at radius 2 is 2.25 bits per heavy atom. The molecule has 0 radical (unpaired) electrons. The highest BCUT2D eigenvalue weighted by molar-refractivity contribution is 5.75. The molecular formula is C15H19N3O2. The smallest absolute Gasteiger partial charge is 0.255 e. The number of nitrogens with two attached hydrogens (primary N) is 1. The van der Waals surface area contributed by atoms with E-state index in [1.54, 1.807) is 6.07 Å². The molecule has 20 heavy (non-hydrogen) atoms. The van der Waals surface area contributed by atoms with E-state index < -0.39 is 5.91 Å². The third kappa shape index (κ3) is 4.05. The number of ether oxygens (including phenoxy) is 1. The van der Waals surface area contributed by atoms with Crippen molar-refractivity contribution in [2.24, 2.45) is 5.73 Å². The molecule has 0 bridgehead atoms. The van der Waals surface area contributed by atoms with Crippen molar-refractivity contribution >= 4 is 11.6 Å². The van der Waals surface area contributed by atoms with Crippen molar-refractivity contribution in [1.29, 1.82) is 0 Å². The summed E-state index contributed by atoms with van der Waals surface area (Å²) < 4.78 is 7.39. The van der Waals surface area contributed by atoms with Gasteiger partial charge in [0, 0.05) is 37.2 Å². The Bertz CT molecular complexity index is 578. The molecule has 2 rings (SSSR count). The molecule has 0 aliphatic carbocycles. The molecule has 0 atom stereocenters. The van der Waals surface area contributed by atoms with Crippen molar-refractivity contribution in [3.05, 3.63) is 48.3 Å². The minimum atomic E-state index is -0.482. The van der Waals surface area contributed by atoms with E-state index in [0.717, 1.165) is 18.8 Å². The highest BCUT2D eigenvalue weighted by Crippen LogP contribution is 2.18. The van der Waals surface area contributed by atoms with Gasteiger partial charge >= 0.3 is 0 Å². The largest absolute Gasteiger partial charge is 0.484 e. The Morgan fingerprint density at radius 3 is 2.95 bits per heavy atom. The number of hydrogen-bond donors (Lipinski definition) is 2. The van der Waals surface area contributed by atoms with Crippen molar-refractivity contribution in [3.8, 4) is 5.75 Å². The predicted octanol–water partition coefficient (Wildman–Crippen LogP) is 1.98. The highest BCUT2D eigenvalue weighted by Gasteiger charge is 2.00. The van der Waals surface area contributed by atoms with E-state index in [4.69, 9.17) is 10.5 Å². The van der Waals surface area contributed by atoms with Crippen LogP contribution in [0.3, 0.4) is 0 Å². The number of amides is 1. The number of nitrogens with zero attached hydrogens (tertiary/aromatic N) is 1. The molecule has 2 aromatic rings. The molecule has 3 N–H and O–H groups in total. The van der Waals surface area contributed by atoms with Gasteiger partial charge in [-0.15, -0.1) is 0 Å². The van der Waals surface area contributed by atoms with Crippen molar-refractivity contribution in [3.63, 3.8) is 0 Å².